The maximum atomic E-state index is 12.7. The van der Waals surface area contributed by atoms with Gasteiger partial charge in [0.05, 0.1) is 0 Å². The lowest BCUT2D eigenvalue weighted by Crippen LogP contribution is -2.68. The van der Waals surface area contributed by atoms with Gasteiger partial charge in [0.1, 0.15) is 23.4 Å². The predicted octanol–water partition coefficient (Wildman–Crippen LogP) is 4.92. The quantitative estimate of drug-likeness (QED) is 0.357. The van der Waals surface area contributed by atoms with Crippen molar-refractivity contribution >= 4 is 17.7 Å². The molecule has 0 bridgehead atoms. The summed E-state index contributed by atoms with van der Waals surface area (Å²) < 4.78 is 12.2. The molecule has 29 heavy (non-hydrogen) atoms. The van der Waals surface area contributed by atoms with Crippen LogP contribution in [0.2, 0.25) is 0 Å². The normalized spacial score (nSPS) is 34.3. The molecule has 4 atom stereocenters. The summed E-state index contributed by atoms with van der Waals surface area (Å²) in [6, 6.07) is 0. The largest absolute Gasteiger partial charge is 0.458 e. The Morgan fingerprint density at radius 1 is 1.03 bits per heavy atom. The van der Waals surface area contributed by atoms with Gasteiger partial charge in [-0.15, -0.1) is 0 Å². The smallest absolute Gasteiger partial charge is 0.330 e. The molecule has 0 heterocycles. The lowest BCUT2D eigenvalue weighted by Gasteiger charge is -2.64. The van der Waals surface area contributed by atoms with Crippen molar-refractivity contribution in [3.05, 3.63) is 12.7 Å². The fourth-order valence-electron chi connectivity index (χ4n) is 6.72. The zero-order valence-electron chi connectivity index (χ0n) is 18.3. The Hall–Kier alpha value is -1.65. The van der Waals surface area contributed by atoms with Gasteiger partial charge in [-0.05, 0) is 64.7 Å². The Balaban J connectivity index is 2.04. The third-order valence-corrected chi connectivity index (χ3v) is 7.95. The predicted molar refractivity (Wildman–Crippen MR) is 110 cm³/mol. The Morgan fingerprint density at radius 2 is 1.66 bits per heavy atom. The van der Waals surface area contributed by atoms with Gasteiger partial charge in [0.15, 0.2) is 0 Å². The highest BCUT2D eigenvalue weighted by molar-refractivity contribution is 5.94. The summed E-state index contributed by atoms with van der Waals surface area (Å²) in [6.45, 7) is 8.91. The molecule has 3 fully saturated rings. The number of carbonyl (C=O) groups is 3. The highest BCUT2D eigenvalue weighted by Gasteiger charge is 2.67. The van der Waals surface area contributed by atoms with Gasteiger partial charge in [-0.1, -0.05) is 38.7 Å². The van der Waals surface area contributed by atoms with Gasteiger partial charge >= 0.3 is 11.9 Å². The second kappa shape index (κ2) is 8.23. The lowest BCUT2D eigenvalue weighted by molar-refractivity contribution is -0.261. The van der Waals surface area contributed by atoms with Gasteiger partial charge in [0.2, 0.25) is 0 Å². The number of ether oxygens (including phenoxy) is 2. The molecule has 3 rings (SSSR count). The van der Waals surface area contributed by atoms with E-state index in [1.807, 2.05) is 13.8 Å². The molecular weight excluding hydrogens is 368 g/mol. The first-order valence-corrected chi connectivity index (χ1v) is 11.2. The molecule has 0 aliphatic heterocycles. The first-order valence-electron chi connectivity index (χ1n) is 11.2. The third kappa shape index (κ3) is 4.02. The molecule has 0 amide bonds. The number of rotatable bonds is 6. The van der Waals surface area contributed by atoms with E-state index in [-0.39, 0.29) is 12.2 Å². The van der Waals surface area contributed by atoms with Crippen LogP contribution < -0.4 is 0 Å². The number of carbonyl (C=O) groups excluding carboxylic acids is 3. The van der Waals surface area contributed by atoms with Crippen LogP contribution in [0.1, 0.15) is 91.4 Å². The van der Waals surface area contributed by atoms with Crippen LogP contribution in [0.15, 0.2) is 12.7 Å². The van der Waals surface area contributed by atoms with E-state index in [0.29, 0.717) is 11.8 Å². The van der Waals surface area contributed by atoms with Crippen LogP contribution in [-0.4, -0.2) is 28.9 Å². The zero-order valence-corrected chi connectivity index (χ0v) is 18.3. The molecule has 3 saturated carbocycles. The maximum absolute atomic E-state index is 12.7. The number of fused-ring (bicyclic) bond motifs is 2. The fraction of sp³-hybridized carbons (Fsp3) is 0.792. The SMILES string of the molecule is C=CC(=O)OC(C)(C)[C@@]12CCCC[C@@]1(OC(=O)CC(C)=O)C[C@@H]1CCCC[C@@H]1C2. The molecule has 5 nitrogen and oxygen atoms in total. The van der Waals surface area contributed by atoms with Crippen LogP contribution in [-0.2, 0) is 23.9 Å². The van der Waals surface area contributed by atoms with Crippen LogP contribution in [0.5, 0.6) is 0 Å². The molecule has 3 aliphatic carbocycles. The Bertz CT molecular complexity index is 681. The van der Waals surface area contributed by atoms with Gasteiger partial charge < -0.3 is 9.47 Å². The average molecular weight is 405 g/mol. The molecule has 0 aromatic rings. The van der Waals surface area contributed by atoms with Gasteiger partial charge in [0.25, 0.3) is 0 Å². The molecule has 162 valence electrons. The van der Waals surface area contributed by atoms with E-state index in [1.165, 1.54) is 38.7 Å². The first-order chi connectivity index (χ1) is 13.6. The van der Waals surface area contributed by atoms with Crippen molar-refractivity contribution < 1.29 is 23.9 Å². The minimum atomic E-state index is -0.794. The molecule has 0 aromatic carbocycles. The summed E-state index contributed by atoms with van der Waals surface area (Å²) in [6.07, 6.45) is 11.2. The topological polar surface area (TPSA) is 69.7 Å². The highest BCUT2D eigenvalue weighted by atomic mass is 16.6. The minimum Gasteiger partial charge on any atom is -0.458 e. The molecule has 0 spiro atoms. The van der Waals surface area contributed by atoms with E-state index >= 15 is 0 Å². The van der Waals surface area contributed by atoms with Crippen molar-refractivity contribution in [2.24, 2.45) is 17.3 Å². The van der Waals surface area contributed by atoms with Crippen molar-refractivity contribution in [1.82, 2.24) is 0 Å². The van der Waals surface area contributed by atoms with E-state index in [0.717, 1.165) is 38.5 Å². The Labute approximate surface area is 174 Å². The minimum absolute atomic E-state index is 0.184. The second-order valence-electron chi connectivity index (χ2n) is 9.98. The van der Waals surface area contributed by atoms with Crippen molar-refractivity contribution in [2.75, 3.05) is 0 Å². The summed E-state index contributed by atoms with van der Waals surface area (Å²) in [5.74, 6) is 0.0410. The lowest BCUT2D eigenvalue weighted by atomic mass is 9.45. The average Bonchev–Trinajstić information content (AvgIpc) is 2.64. The fourth-order valence-corrected chi connectivity index (χ4v) is 6.72. The van der Waals surface area contributed by atoms with E-state index in [9.17, 15) is 14.4 Å². The van der Waals surface area contributed by atoms with Crippen LogP contribution in [0.4, 0.5) is 0 Å². The number of esters is 2. The van der Waals surface area contributed by atoms with Crippen LogP contribution in [0.3, 0.4) is 0 Å². The number of Topliss-reactive ketones (excluding diaryl/α,β-unsaturated/α-hetero) is 1. The molecule has 0 radical (unpaired) electrons. The molecule has 0 unspecified atom stereocenters. The second-order valence-corrected chi connectivity index (χ2v) is 9.98. The van der Waals surface area contributed by atoms with Crippen molar-refractivity contribution in [3.8, 4) is 0 Å². The summed E-state index contributed by atoms with van der Waals surface area (Å²) in [7, 11) is 0. The summed E-state index contributed by atoms with van der Waals surface area (Å²) in [5, 5.41) is 0. The number of hydrogen-bond acceptors (Lipinski definition) is 5. The monoisotopic (exact) mass is 404 g/mol. The van der Waals surface area contributed by atoms with Gasteiger partial charge in [-0.3, -0.25) is 9.59 Å². The van der Waals surface area contributed by atoms with E-state index in [2.05, 4.69) is 6.58 Å². The number of hydrogen-bond donors (Lipinski definition) is 0. The molecule has 5 heteroatoms. The molecule has 0 N–H and O–H groups in total. The van der Waals surface area contributed by atoms with Crippen molar-refractivity contribution in [1.29, 1.82) is 0 Å². The zero-order chi connectivity index (χ0) is 21.3. The summed E-state index contributed by atoms with van der Waals surface area (Å²) >= 11 is 0. The van der Waals surface area contributed by atoms with Crippen LogP contribution in [0, 0.1) is 17.3 Å². The van der Waals surface area contributed by atoms with Gasteiger partial charge in [-0.2, -0.15) is 0 Å². The molecule has 0 aromatic heterocycles. The Kier molecular flexibility index (Phi) is 6.26. The third-order valence-electron chi connectivity index (χ3n) is 7.95. The van der Waals surface area contributed by atoms with Gasteiger partial charge in [-0.25, -0.2) is 4.79 Å². The maximum Gasteiger partial charge on any atom is 0.330 e. The van der Waals surface area contributed by atoms with Crippen LogP contribution >= 0.6 is 0 Å². The van der Waals surface area contributed by atoms with Gasteiger partial charge in [0, 0.05) is 11.5 Å². The molecular formula is C24H36O5. The van der Waals surface area contributed by atoms with Crippen LogP contribution in [0.25, 0.3) is 0 Å². The highest BCUT2D eigenvalue weighted by Crippen LogP contribution is 2.65. The number of ketones is 1. The van der Waals surface area contributed by atoms with E-state index in [1.54, 1.807) is 0 Å². The summed E-state index contributed by atoms with van der Waals surface area (Å²) in [4.78, 5) is 36.5. The van der Waals surface area contributed by atoms with Crippen molar-refractivity contribution in [2.45, 2.75) is 103 Å². The molecule has 0 saturated heterocycles. The van der Waals surface area contributed by atoms with Crippen molar-refractivity contribution in [3.63, 3.8) is 0 Å². The first kappa shape index (κ1) is 22.0. The Morgan fingerprint density at radius 3 is 2.28 bits per heavy atom. The van der Waals surface area contributed by atoms with E-state index < -0.39 is 28.6 Å². The summed E-state index contributed by atoms with van der Waals surface area (Å²) in [5.41, 5.74) is -1.92. The standard InChI is InChI=1S/C24H36O5/c1-5-20(26)28-22(3,4)23-12-8-9-13-24(23,29-21(27)14-17(2)25)16-19-11-7-6-10-18(19)15-23/h5,18-19H,1,6-16H2,2-4H3/t18-,19+,23+,24-/m1/s1. The molecule has 3 aliphatic rings. The van der Waals surface area contributed by atoms with E-state index in [4.69, 9.17) is 9.47 Å².